The summed E-state index contributed by atoms with van der Waals surface area (Å²) in [6.45, 7) is 2.66. The van der Waals surface area contributed by atoms with E-state index in [0.717, 1.165) is 43.5 Å². The molecule has 38 heavy (non-hydrogen) atoms. The first-order chi connectivity index (χ1) is 18.4. The molecule has 1 atom stereocenters. The molecule has 0 spiro atoms. The topological polar surface area (TPSA) is 61.1 Å². The van der Waals surface area contributed by atoms with Crippen molar-refractivity contribution in [1.29, 1.82) is 0 Å². The van der Waals surface area contributed by atoms with E-state index >= 15 is 0 Å². The van der Waals surface area contributed by atoms with Crippen molar-refractivity contribution in [3.63, 3.8) is 0 Å². The fraction of sp³-hybridized carbons (Fsp3) is 0.419. The fourth-order valence-electron chi connectivity index (χ4n) is 5.29. The number of carbonyl (C=O) groups is 1. The summed E-state index contributed by atoms with van der Waals surface area (Å²) >= 11 is 0. The van der Waals surface area contributed by atoms with E-state index in [1.54, 1.807) is 6.07 Å². The Balaban J connectivity index is 1.47. The van der Waals surface area contributed by atoms with Crippen LogP contribution in [0.25, 0.3) is 11.8 Å². The Morgan fingerprint density at radius 3 is 2.58 bits per heavy atom. The lowest BCUT2D eigenvalue weighted by atomic mass is 10.0. The monoisotopic (exact) mass is 522 g/mol. The highest BCUT2D eigenvalue weighted by Gasteiger charge is 2.24. The van der Waals surface area contributed by atoms with Crippen LogP contribution in [0, 0.1) is 11.6 Å². The quantitative estimate of drug-likeness (QED) is 0.234. The molecule has 5 nitrogen and oxygen atoms in total. The van der Waals surface area contributed by atoms with Crippen LogP contribution < -0.4 is 10.4 Å². The molecule has 4 rings (SSSR count). The normalized spacial score (nSPS) is 16.4. The van der Waals surface area contributed by atoms with Crippen LogP contribution in [0.4, 0.5) is 8.78 Å². The van der Waals surface area contributed by atoms with Gasteiger partial charge in [-0.05, 0) is 86.6 Å². The van der Waals surface area contributed by atoms with E-state index in [-0.39, 0.29) is 17.5 Å². The van der Waals surface area contributed by atoms with Crippen molar-refractivity contribution in [2.45, 2.75) is 70.8 Å². The summed E-state index contributed by atoms with van der Waals surface area (Å²) in [6, 6.07) is 10.8. The van der Waals surface area contributed by atoms with Crippen LogP contribution in [0.15, 0.2) is 54.2 Å². The maximum absolute atomic E-state index is 13.6. The van der Waals surface area contributed by atoms with Gasteiger partial charge < -0.3 is 10.5 Å². The van der Waals surface area contributed by atoms with Crippen molar-refractivity contribution < 1.29 is 23.0 Å². The molecule has 1 heterocycles. The Labute approximate surface area is 223 Å². The number of nitrogens with two attached hydrogens (primary N) is 1. The van der Waals surface area contributed by atoms with E-state index in [1.807, 2.05) is 19.2 Å². The van der Waals surface area contributed by atoms with Crippen LogP contribution in [0.3, 0.4) is 0 Å². The van der Waals surface area contributed by atoms with Gasteiger partial charge in [0.1, 0.15) is 23.0 Å². The number of benzene rings is 2. The average Bonchev–Trinajstić information content (AvgIpc) is 3.47. The lowest BCUT2D eigenvalue weighted by molar-refractivity contribution is -0.744. The maximum Gasteiger partial charge on any atom is 0.249 e. The number of aryl methyl sites for hydroxylation is 2. The lowest BCUT2D eigenvalue weighted by Crippen LogP contribution is -2.37. The zero-order valence-electron chi connectivity index (χ0n) is 22.4. The van der Waals surface area contributed by atoms with Gasteiger partial charge in [-0.15, -0.1) is 9.36 Å². The number of aromatic nitrogens is 2. The molecule has 0 saturated heterocycles. The average molecular weight is 523 g/mol. The van der Waals surface area contributed by atoms with Gasteiger partial charge in [-0.1, -0.05) is 37.8 Å². The molecule has 7 heteroatoms. The minimum absolute atomic E-state index is 0.0923. The van der Waals surface area contributed by atoms with Gasteiger partial charge >= 0.3 is 0 Å². The molecule has 2 N–H and O–H groups in total. The van der Waals surface area contributed by atoms with Gasteiger partial charge in [-0.25, -0.2) is 8.78 Å². The van der Waals surface area contributed by atoms with E-state index in [9.17, 15) is 13.6 Å². The van der Waals surface area contributed by atoms with E-state index in [1.165, 1.54) is 54.7 Å². The summed E-state index contributed by atoms with van der Waals surface area (Å²) < 4.78 is 37.5. The number of hydrogen-bond donors (Lipinski definition) is 1. The zero-order valence-corrected chi connectivity index (χ0v) is 22.4. The minimum Gasteiger partial charge on any atom is -0.378 e. The molecular weight excluding hydrogens is 484 g/mol. The number of amides is 1. The molecule has 0 bridgehead atoms. The van der Waals surface area contributed by atoms with Gasteiger partial charge in [-0.2, -0.15) is 0 Å². The number of ether oxygens (including phenoxy) is 1. The number of carbonyl (C=O) groups excluding carboxylic acids is 1. The van der Waals surface area contributed by atoms with Crippen molar-refractivity contribution in [3.8, 4) is 5.69 Å². The van der Waals surface area contributed by atoms with E-state index in [4.69, 9.17) is 10.5 Å². The first-order valence-electron chi connectivity index (χ1n) is 13.6. The Hall–Kier alpha value is -3.32. The van der Waals surface area contributed by atoms with Crippen molar-refractivity contribution >= 4 is 12.0 Å². The second kappa shape index (κ2) is 13.0. The molecule has 1 aliphatic carbocycles. The number of hydrogen-bond acceptors (Lipinski definition) is 2. The summed E-state index contributed by atoms with van der Waals surface area (Å²) in [5.74, 6) is -1.35. The molecule has 2 aromatic carbocycles. The molecular formula is C31H38F2N3O2+. The third kappa shape index (κ3) is 6.95. The van der Waals surface area contributed by atoms with Crippen LogP contribution in [0.2, 0.25) is 0 Å². The van der Waals surface area contributed by atoms with Gasteiger partial charge in [0.25, 0.3) is 0 Å². The number of unbranched alkanes of at least 4 members (excludes halogenated alkanes) is 3. The molecule has 1 saturated carbocycles. The van der Waals surface area contributed by atoms with Gasteiger partial charge in [0.05, 0.1) is 12.7 Å². The van der Waals surface area contributed by atoms with Crippen molar-refractivity contribution in [2.24, 2.45) is 12.8 Å². The largest absolute Gasteiger partial charge is 0.378 e. The Kier molecular flexibility index (Phi) is 9.45. The number of halogens is 2. The Bertz CT molecular complexity index is 1280. The van der Waals surface area contributed by atoms with Crippen molar-refractivity contribution in [1.82, 2.24) is 4.68 Å². The molecule has 0 radical (unpaired) electrons. The first-order valence-corrected chi connectivity index (χ1v) is 13.6. The molecule has 202 valence electrons. The van der Waals surface area contributed by atoms with E-state index in [0.29, 0.717) is 18.6 Å². The molecule has 1 fully saturated rings. The highest BCUT2D eigenvalue weighted by molar-refractivity contribution is 5.94. The fourth-order valence-corrected chi connectivity index (χ4v) is 5.29. The van der Waals surface area contributed by atoms with Crippen LogP contribution in [-0.4, -0.2) is 23.3 Å². The van der Waals surface area contributed by atoms with Crippen LogP contribution in [0.1, 0.15) is 79.0 Å². The van der Waals surface area contributed by atoms with Crippen molar-refractivity contribution in [3.05, 3.63) is 88.3 Å². The van der Waals surface area contributed by atoms with Crippen LogP contribution >= 0.6 is 0 Å². The molecule has 1 unspecified atom stereocenters. The standard InChI is InChI=1S/C31H37F2N3O2/c1-3-4-5-6-7-24-21-35(2)36(27-13-11-25(32)12-14-27)30(24)19-22-8-15-28(18-22)38-17-16-23-9-10-26(33)20-29(23)31(34)37/h9-14,19-21,28H,3-8,15-18H2,1-2H3,(H-,34,37)/p+1. The van der Waals surface area contributed by atoms with Gasteiger partial charge in [0.15, 0.2) is 13.2 Å². The van der Waals surface area contributed by atoms with Crippen LogP contribution in [-0.2, 0) is 24.6 Å². The number of nitrogens with zero attached hydrogens (tertiary/aromatic N) is 2. The lowest BCUT2D eigenvalue weighted by Gasteiger charge is -2.12. The molecule has 1 aliphatic rings. The number of primary amides is 1. The molecule has 0 aliphatic heterocycles. The highest BCUT2D eigenvalue weighted by atomic mass is 19.1. The van der Waals surface area contributed by atoms with Gasteiger partial charge in [-0.3, -0.25) is 4.79 Å². The third-order valence-electron chi connectivity index (χ3n) is 7.27. The molecule has 1 aromatic heterocycles. The van der Waals surface area contributed by atoms with Gasteiger partial charge in [0.2, 0.25) is 5.91 Å². The predicted octanol–water partition coefficient (Wildman–Crippen LogP) is 6.00. The van der Waals surface area contributed by atoms with Crippen molar-refractivity contribution in [2.75, 3.05) is 6.61 Å². The second-order valence-electron chi connectivity index (χ2n) is 10.2. The third-order valence-corrected chi connectivity index (χ3v) is 7.27. The minimum atomic E-state index is -0.631. The predicted molar refractivity (Wildman–Crippen MR) is 145 cm³/mol. The summed E-state index contributed by atoms with van der Waals surface area (Å²) in [4.78, 5) is 11.7. The Morgan fingerprint density at radius 1 is 1.08 bits per heavy atom. The van der Waals surface area contributed by atoms with E-state index < -0.39 is 11.7 Å². The molecule has 3 aromatic rings. The second-order valence-corrected chi connectivity index (χ2v) is 10.2. The maximum atomic E-state index is 13.6. The summed E-state index contributed by atoms with van der Waals surface area (Å²) in [7, 11) is 2.03. The summed E-state index contributed by atoms with van der Waals surface area (Å²) in [5, 5.41) is 0. The summed E-state index contributed by atoms with van der Waals surface area (Å²) in [6.07, 6.45) is 13.5. The summed E-state index contributed by atoms with van der Waals surface area (Å²) in [5.41, 5.74) is 11.0. The Morgan fingerprint density at radius 2 is 1.84 bits per heavy atom. The zero-order chi connectivity index (χ0) is 27.1. The SMILES string of the molecule is CCCCCCc1c[n+](C)n(-c2ccc(F)cc2)c1C=C1CCC(OCCc2ccc(F)cc2C(N)=O)C1. The number of rotatable bonds is 12. The first kappa shape index (κ1) is 27.7. The van der Waals surface area contributed by atoms with Crippen LogP contribution in [0.5, 0.6) is 0 Å². The highest BCUT2D eigenvalue weighted by Crippen LogP contribution is 2.31. The van der Waals surface area contributed by atoms with Gasteiger partial charge in [0, 0.05) is 11.1 Å². The smallest absolute Gasteiger partial charge is 0.249 e. The van der Waals surface area contributed by atoms with E-state index in [2.05, 4.69) is 28.6 Å². The molecule has 1 amide bonds.